The molecule has 0 saturated carbocycles. The van der Waals surface area contributed by atoms with Gasteiger partial charge in [-0.3, -0.25) is 0 Å². The zero-order valence-corrected chi connectivity index (χ0v) is 10.5. The van der Waals surface area contributed by atoms with Crippen LogP contribution in [-0.4, -0.2) is 23.8 Å². The van der Waals surface area contributed by atoms with Gasteiger partial charge in [0.15, 0.2) is 11.6 Å². The SMILES string of the molecule is CC(O)(Cc1ccc(F)c(F)c1)C1CCCNC1. The lowest BCUT2D eigenvalue weighted by atomic mass is 9.79. The molecule has 1 saturated heterocycles. The average molecular weight is 255 g/mol. The topological polar surface area (TPSA) is 32.3 Å². The van der Waals surface area contributed by atoms with Crippen molar-refractivity contribution in [2.24, 2.45) is 5.92 Å². The van der Waals surface area contributed by atoms with Gasteiger partial charge in [-0.2, -0.15) is 0 Å². The fraction of sp³-hybridized carbons (Fsp3) is 0.571. The minimum atomic E-state index is -0.891. The summed E-state index contributed by atoms with van der Waals surface area (Å²) in [6, 6.07) is 3.81. The van der Waals surface area contributed by atoms with Gasteiger partial charge in [-0.15, -0.1) is 0 Å². The highest BCUT2D eigenvalue weighted by Gasteiger charge is 2.33. The molecule has 2 atom stereocenters. The normalized spacial score (nSPS) is 23.7. The van der Waals surface area contributed by atoms with E-state index in [-0.39, 0.29) is 5.92 Å². The Morgan fingerprint density at radius 2 is 2.17 bits per heavy atom. The molecule has 2 rings (SSSR count). The molecular formula is C14H19F2NO. The number of hydrogen-bond acceptors (Lipinski definition) is 2. The summed E-state index contributed by atoms with van der Waals surface area (Å²) in [7, 11) is 0. The summed E-state index contributed by atoms with van der Waals surface area (Å²) in [5.74, 6) is -1.55. The van der Waals surface area contributed by atoms with Gasteiger partial charge in [-0.05, 0) is 44.0 Å². The number of hydrogen-bond donors (Lipinski definition) is 2. The molecule has 1 fully saturated rings. The molecule has 0 radical (unpaired) electrons. The highest BCUT2D eigenvalue weighted by molar-refractivity contribution is 5.20. The van der Waals surface area contributed by atoms with Crippen LogP contribution >= 0.6 is 0 Å². The van der Waals surface area contributed by atoms with Crippen molar-refractivity contribution in [3.8, 4) is 0 Å². The third-order valence-electron chi connectivity index (χ3n) is 3.72. The van der Waals surface area contributed by atoms with Crippen LogP contribution in [0.1, 0.15) is 25.3 Å². The van der Waals surface area contributed by atoms with Crippen LogP contribution in [0.3, 0.4) is 0 Å². The smallest absolute Gasteiger partial charge is 0.159 e. The van der Waals surface area contributed by atoms with Crippen LogP contribution in [0.2, 0.25) is 0 Å². The largest absolute Gasteiger partial charge is 0.389 e. The molecule has 2 N–H and O–H groups in total. The van der Waals surface area contributed by atoms with Crippen LogP contribution in [0.15, 0.2) is 18.2 Å². The molecule has 18 heavy (non-hydrogen) atoms. The molecule has 1 aliphatic heterocycles. The Bertz CT molecular complexity index is 414. The van der Waals surface area contributed by atoms with E-state index in [2.05, 4.69) is 5.32 Å². The second kappa shape index (κ2) is 5.33. The van der Waals surface area contributed by atoms with E-state index in [1.165, 1.54) is 12.1 Å². The molecule has 0 bridgehead atoms. The van der Waals surface area contributed by atoms with Gasteiger partial charge in [0.1, 0.15) is 0 Å². The van der Waals surface area contributed by atoms with Crippen molar-refractivity contribution in [3.05, 3.63) is 35.4 Å². The van der Waals surface area contributed by atoms with Gasteiger partial charge in [0.05, 0.1) is 5.60 Å². The molecule has 0 spiro atoms. The molecule has 1 aliphatic rings. The first kappa shape index (κ1) is 13.4. The van der Waals surface area contributed by atoms with Crippen LogP contribution in [-0.2, 0) is 6.42 Å². The van der Waals surface area contributed by atoms with E-state index in [0.717, 1.165) is 32.0 Å². The highest BCUT2D eigenvalue weighted by atomic mass is 19.2. The number of halogens is 2. The van der Waals surface area contributed by atoms with Crippen LogP contribution in [0, 0.1) is 17.6 Å². The minimum absolute atomic E-state index is 0.152. The van der Waals surface area contributed by atoms with Crippen LogP contribution in [0.4, 0.5) is 8.78 Å². The lowest BCUT2D eigenvalue weighted by molar-refractivity contribution is -0.0102. The van der Waals surface area contributed by atoms with Crippen LogP contribution in [0.5, 0.6) is 0 Å². The van der Waals surface area contributed by atoms with Gasteiger partial charge >= 0.3 is 0 Å². The summed E-state index contributed by atoms with van der Waals surface area (Å²) in [6.07, 6.45) is 2.35. The van der Waals surface area contributed by atoms with E-state index >= 15 is 0 Å². The zero-order chi connectivity index (χ0) is 13.2. The van der Waals surface area contributed by atoms with E-state index in [1.54, 1.807) is 6.92 Å². The van der Waals surface area contributed by atoms with E-state index in [1.807, 2.05) is 0 Å². The number of nitrogens with one attached hydrogen (secondary N) is 1. The zero-order valence-electron chi connectivity index (χ0n) is 10.5. The summed E-state index contributed by atoms with van der Waals surface area (Å²) in [6.45, 7) is 3.53. The van der Waals surface area contributed by atoms with Crippen molar-refractivity contribution in [3.63, 3.8) is 0 Å². The first-order chi connectivity index (χ1) is 8.49. The molecule has 0 aliphatic carbocycles. The quantitative estimate of drug-likeness (QED) is 0.868. The molecule has 1 heterocycles. The van der Waals surface area contributed by atoms with Crippen molar-refractivity contribution in [1.29, 1.82) is 0 Å². The molecule has 2 nitrogen and oxygen atoms in total. The second-order valence-corrected chi connectivity index (χ2v) is 5.33. The van der Waals surface area contributed by atoms with Gasteiger partial charge in [-0.1, -0.05) is 6.07 Å². The molecule has 0 amide bonds. The van der Waals surface area contributed by atoms with Gasteiger partial charge < -0.3 is 10.4 Å². The summed E-state index contributed by atoms with van der Waals surface area (Å²) < 4.78 is 26.0. The molecule has 0 aromatic heterocycles. The maximum absolute atomic E-state index is 13.1. The van der Waals surface area contributed by atoms with E-state index in [4.69, 9.17) is 0 Å². The maximum atomic E-state index is 13.1. The number of aliphatic hydroxyl groups is 1. The number of rotatable bonds is 3. The van der Waals surface area contributed by atoms with E-state index in [0.29, 0.717) is 12.0 Å². The molecule has 1 aromatic rings. The summed E-state index contributed by atoms with van der Waals surface area (Å²) in [5.41, 5.74) is -0.262. The van der Waals surface area contributed by atoms with E-state index in [9.17, 15) is 13.9 Å². The Labute approximate surface area is 106 Å². The third kappa shape index (κ3) is 3.06. The maximum Gasteiger partial charge on any atom is 0.159 e. The lowest BCUT2D eigenvalue weighted by Gasteiger charge is -2.36. The predicted octanol–water partition coefficient (Wildman–Crippen LogP) is 2.26. The highest BCUT2D eigenvalue weighted by Crippen LogP contribution is 2.28. The summed E-state index contributed by atoms with van der Waals surface area (Å²) in [5, 5.41) is 13.7. The van der Waals surface area contributed by atoms with Gasteiger partial charge in [0.2, 0.25) is 0 Å². The van der Waals surface area contributed by atoms with Crippen LogP contribution in [0.25, 0.3) is 0 Å². The van der Waals surface area contributed by atoms with Gasteiger partial charge in [0, 0.05) is 18.9 Å². The first-order valence-electron chi connectivity index (χ1n) is 6.36. The van der Waals surface area contributed by atoms with Gasteiger partial charge in [0.25, 0.3) is 0 Å². The second-order valence-electron chi connectivity index (χ2n) is 5.33. The standard InChI is InChI=1S/C14H19F2NO/c1-14(18,11-3-2-6-17-9-11)8-10-4-5-12(15)13(16)7-10/h4-5,7,11,17-18H,2-3,6,8-9H2,1H3. The van der Waals surface area contributed by atoms with Crippen molar-refractivity contribution in [2.45, 2.75) is 31.8 Å². The van der Waals surface area contributed by atoms with E-state index < -0.39 is 17.2 Å². The number of benzene rings is 1. The Morgan fingerprint density at radius 3 is 2.78 bits per heavy atom. The molecule has 2 unspecified atom stereocenters. The molecule has 4 heteroatoms. The van der Waals surface area contributed by atoms with Crippen molar-refractivity contribution < 1.29 is 13.9 Å². The van der Waals surface area contributed by atoms with Crippen molar-refractivity contribution in [2.75, 3.05) is 13.1 Å². The Balaban J connectivity index is 2.08. The Morgan fingerprint density at radius 1 is 1.39 bits per heavy atom. The summed E-state index contributed by atoms with van der Waals surface area (Å²) in [4.78, 5) is 0. The fourth-order valence-electron chi connectivity index (χ4n) is 2.59. The third-order valence-corrected chi connectivity index (χ3v) is 3.72. The minimum Gasteiger partial charge on any atom is -0.389 e. The van der Waals surface area contributed by atoms with Crippen molar-refractivity contribution in [1.82, 2.24) is 5.32 Å². The Kier molecular flexibility index (Phi) is 3.97. The fourth-order valence-corrected chi connectivity index (χ4v) is 2.59. The molecular weight excluding hydrogens is 236 g/mol. The Hall–Kier alpha value is -1.00. The molecule has 1 aromatic carbocycles. The van der Waals surface area contributed by atoms with Gasteiger partial charge in [-0.25, -0.2) is 8.78 Å². The lowest BCUT2D eigenvalue weighted by Crippen LogP contribution is -2.45. The average Bonchev–Trinajstić information content (AvgIpc) is 2.35. The number of piperidine rings is 1. The molecule has 100 valence electrons. The predicted molar refractivity (Wildman–Crippen MR) is 66.3 cm³/mol. The first-order valence-corrected chi connectivity index (χ1v) is 6.36. The van der Waals surface area contributed by atoms with Crippen molar-refractivity contribution >= 4 is 0 Å². The summed E-state index contributed by atoms with van der Waals surface area (Å²) >= 11 is 0. The monoisotopic (exact) mass is 255 g/mol. The van der Waals surface area contributed by atoms with Crippen LogP contribution < -0.4 is 5.32 Å².